The Hall–Kier alpha value is 0.951. The summed E-state index contributed by atoms with van der Waals surface area (Å²) >= 11 is -1.51. The van der Waals surface area contributed by atoms with Crippen molar-refractivity contribution in [1.29, 1.82) is 0 Å². The number of halogens is 2. The molecule has 0 heterocycles. The number of allylic oxidation sites excluding steroid dienone is 3. The minimum absolute atomic E-state index is 0. The van der Waals surface area contributed by atoms with Crippen LogP contribution >= 0.6 is 24.8 Å². The maximum atomic E-state index is 3.83. The molecule has 0 aromatic carbocycles. The van der Waals surface area contributed by atoms with Crippen LogP contribution in [0, 0.1) is 11.8 Å². The molecular weight excluding hydrogens is 305 g/mol. The van der Waals surface area contributed by atoms with E-state index in [1.165, 1.54) is 25.8 Å². The van der Waals surface area contributed by atoms with Crippen LogP contribution in [0.2, 0.25) is 10.5 Å². The average Bonchev–Trinajstić information content (AvgIpc) is 2.57. The van der Waals surface area contributed by atoms with Crippen LogP contribution in [0.25, 0.3) is 0 Å². The number of nitrogens with one attached hydrogen (secondary N) is 1. The van der Waals surface area contributed by atoms with Gasteiger partial charge < -0.3 is 0 Å². The molecule has 0 bridgehead atoms. The second-order valence-corrected chi connectivity index (χ2v) is 19.3. The van der Waals surface area contributed by atoms with Gasteiger partial charge in [0.1, 0.15) is 0 Å². The van der Waals surface area contributed by atoms with E-state index in [-0.39, 0.29) is 24.8 Å². The first-order valence-corrected chi connectivity index (χ1v) is 14.0. The number of rotatable bonds is 3. The van der Waals surface area contributed by atoms with Gasteiger partial charge in [0.15, 0.2) is 0 Å². The Labute approximate surface area is 123 Å². The molecule has 0 aromatic rings. The zero-order valence-electron chi connectivity index (χ0n) is 10.7. The van der Waals surface area contributed by atoms with E-state index in [1.54, 1.807) is 5.57 Å². The van der Waals surface area contributed by atoms with E-state index < -0.39 is 15.6 Å². The van der Waals surface area contributed by atoms with E-state index in [4.69, 9.17) is 0 Å². The van der Waals surface area contributed by atoms with Crippen molar-refractivity contribution in [3.05, 3.63) is 23.8 Å². The summed E-state index contributed by atoms with van der Waals surface area (Å²) in [5.74, 6) is 1.73. The van der Waals surface area contributed by atoms with Crippen molar-refractivity contribution in [2.75, 3.05) is 6.54 Å². The molecule has 2 atom stereocenters. The zero-order valence-corrected chi connectivity index (χ0v) is 15.3. The van der Waals surface area contributed by atoms with Crippen LogP contribution in [-0.2, 0) is 15.6 Å². The minimum atomic E-state index is -1.51. The van der Waals surface area contributed by atoms with Gasteiger partial charge in [0.2, 0.25) is 0 Å². The van der Waals surface area contributed by atoms with Crippen LogP contribution in [-0.4, -0.2) is 14.2 Å². The van der Waals surface area contributed by atoms with Gasteiger partial charge in [0, 0.05) is 0 Å². The molecule has 0 aromatic heterocycles. The molecule has 1 nitrogen and oxygen atoms in total. The van der Waals surface area contributed by atoms with Crippen LogP contribution in [0.1, 0.15) is 19.3 Å². The summed E-state index contributed by atoms with van der Waals surface area (Å²) in [6.45, 7) is 1.24. The van der Waals surface area contributed by atoms with Gasteiger partial charge in [-0.15, -0.1) is 24.8 Å². The van der Waals surface area contributed by atoms with E-state index >= 15 is 0 Å². The topological polar surface area (TPSA) is 12.0 Å². The summed E-state index contributed by atoms with van der Waals surface area (Å²) in [5.41, 5.74) is 1.74. The second-order valence-electron chi connectivity index (χ2n) is 5.57. The Kier molecular flexibility index (Phi) is 7.94. The van der Waals surface area contributed by atoms with Gasteiger partial charge in [-0.3, -0.25) is 0 Å². The molecule has 5 heteroatoms. The van der Waals surface area contributed by atoms with Crippen molar-refractivity contribution in [3.63, 3.8) is 0 Å². The van der Waals surface area contributed by atoms with E-state index in [0.29, 0.717) is 0 Å². The van der Waals surface area contributed by atoms with Crippen LogP contribution in [0.4, 0.5) is 0 Å². The van der Waals surface area contributed by atoms with Crippen molar-refractivity contribution in [1.82, 2.24) is 3.80 Å². The molecule has 99 valence electrons. The zero-order chi connectivity index (χ0) is 10.9. The molecule has 2 unspecified atom stereocenters. The molecule has 0 radical (unpaired) electrons. The van der Waals surface area contributed by atoms with Crippen LogP contribution in [0.15, 0.2) is 23.8 Å². The Morgan fingerprint density at radius 1 is 1.35 bits per heavy atom. The number of fused-ring (bicyclic) bond motifs is 1. The third-order valence-electron chi connectivity index (χ3n) is 3.48. The Bertz CT molecular complexity index is 348. The summed E-state index contributed by atoms with van der Waals surface area (Å²) in [4.78, 5) is 0. The van der Waals surface area contributed by atoms with Gasteiger partial charge >= 0.3 is 98.9 Å². The first kappa shape index (κ1) is 18.0. The van der Waals surface area contributed by atoms with E-state index in [0.717, 1.165) is 11.8 Å². The molecule has 17 heavy (non-hydrogen) atoms. The maximum absolute atomic E-state index is 3.83. The van der Waals surface area contributed by atoms with Crippen molar-refractivity contribution in [2.45, 2.75) is 29.7 Å². The fourth-order valence-electron chi connectivity index (χ4n) is 2.64. The summed E-state index contributed by atoms with van der Waals surface area (Å²) in [5, 5.41) is 4.89. The van der Waals surface area contributed by atoms with Crippen molar-refractivity contribution in [3.8, 4) is 0 Å². The molecule has 2 aliphatic rings. The van der Waals surface area contributed by atoms with Crippen molar-refractivity contribution >= 4 is 32.4 Å². The Balaban J connectivity index is 0.00000128. The van der Waals surface area contributed by atoms with Gasteiger partial charge in [-0.25, -0.2) is 0 Å². The van der Waals surface area contributed by atoms with Crippen molar-refractivity contribution in [2.24, 2.45) is 11.8 Å². The molecule has 0 amide bonds. The SMILES string of the molecule is Cl.Cl.[CH3][Ti]([CH3])(=[SiH2])[NH]CC1CCC2CC=CC=C21. The van der Waals surface area contributed by atoms with E-state index in [9.17, 15) is 0 Å². The van der Waals surface area contributed by atoms with Gasteiger partial charge in [-0.2, -0.15) is 0 Å². The molecule has 2 rings (SSSR count). The third kappa shape index (κ3) is 5.22. The first-order valence-electron chi connectivity index (χ1n) is 6.03. The van der Waals surface area contributed by atoms with Gasteiger partial charge in [0.25, 0.3) is 0 Å². The van der Waals surface area contributed by atoms with Crippen LogP contribution < -0.4 is 3.80 Å². The summed E-state index contributed by atoms with van der Waals surface area (Å²) in [6.07, 6.45) is 11.1. The monoisotopic (exact) mass is 328 g/mol. The van der Waals surface area contributed by atoms with Crippen LogP contribution in [0.3, 0.4) is 0 Å². The molecule has 0 saturated heterocycles. The quantitative estimate of drug-likeness (QED) is 0.785. The fourth-order valence-corrected chi connectivity index (χ4v) is 4.48. The standard InChI is InChI=1S/C10H14N.2CH3.2ClH.H2Si.Ti/c11-7-9-6-5-8-3-1-2-4-10(8)9;;;;;;/h1-2,4,8-9,11H,3,5-7H2;2*1H3;2*1H;1H2;/q-1;;;;;;+1. The Morgan fingerprint density at radius 2 is 2.06 bits per heavy atom. The molecular formula is C12H24Cl2NSiTi. The van der Waals surface area contributed by atoms with Crippen LogP contribution in [0.5, 0.6) is 0 Å². The van der Waals surface area contributed by atoms with E-state index in [2.05, 4.69) is 40.1 Å². The summed E-state index contributed by atoms with van der Waals surface area (Å²) in [6, 6.07) is 0. The molecule has 1 saturated carbocycles. The molecule has 1 N–H and O–H groups in total. The summed E-state index contributed by atoms with van der Waals surface area (Å²) < 4.78 is 3.83. The summed E-state index contributed by atoms with van der Waals surface area (Å²) in [7, 11) is 2.23. The van der Waals surface area contributed by atoms with Gasteiger partial charge in [-0.05, 0) is 0 Å². The van der Waals surface area contributed by atoms with E-state index in [1.807, 2.05) is 0 Å². The number of hydrogen-bond donors (Lipinski definition) is 1. The van der Waals surface area contributed by atoms with Gasteiger partial charge in [0.05, 0.1) is 0 Å². The number of hydrogen-bond acceptors (Lipinski definition) is 1. The normalized spacial score (nSPS) is 26.6. The third-order valence-corrected chi connectivity index (χ3v) is 6.32. The van der Waals surface area contributed by atoms with Crippen molar-refractivity contribution < 1.29 is 15.6 Å². The van der Waals surface area contributed by atoms with Gasteiger partial charge in [-0.1, -0.05) is 0 Å². The molecule has 1 fully saturated rings. The molecule has 2 aliphatic carbocycles. The average molecular weight is 329 g/mol. The second kappa shape index (κ2) is 7.52. The Morgan fingerprint density at radius 3 is 2.71 bits per heavy atom. The predicted octanol–water partition coefficient (Wildman–Crippen LogP) is 3.05. The molecule has 0 spiro atoms. The molecule has 0 aliphatic heterocycles. The fraction of sp³-hybridized carbons (Fsp3) is 0.667. The first-order chi connectivity index (χ1) is 7.06. The predicted molar refractivity (Wildman–Crippen MR) is 80.8 cm³/mol.